The van der Waals surface area contributed by atoms with E-state index >= 15 is 0 Å². The van der Waals surface area contributed by atoms with E-state index in [1.54, 1.807) is 0 Å². The summed E-state index contributed by atoms with van der Waals surface area (Å²) in [7, 11) is 1.96. The monoisotopic (exact) mass is 568 g/mol. The minimum absolute atomic E-state index is 0.217. The van der Waals surface area contributed by atoms with Crippen LogP contribution >= 0.6 is 23.2 Å². The molecule has 0 aliphatic carbocycles. The summed E-state index contributed by atoms with van der Waals surface area (Å²) >= 11 is 11.2. The Balaban J connectivity index is 2.40. The summed E-state index contributed by atoms with van der Waals surface area (Å²) in [5.74, 6) is -34.1. The number of amides is 2. The molecular weight excluding hydrogens is 555 g/mol. The summed E-state index contributed by atoms with van der Waals surface area (Å²) in [4.78, 5) is 23.7. The third kappa shape index (κ3) is 5.09. The van der Waals surface area contributed by atoms with Gasteiger partial charge in [0.05, 0.1) is 25.6 Å². The maximum atomic E-state index is 14.3. The number of rotatable bonds is 9. The van der Waals surface area contributed by atoms with Crippen LogP contribution < -0.4 is 20.1 Å². The van der Waals surface area contributed by atoms with Crippen molar-refractivity contribution in [3.05, 3.63) is 46.4 Å². The molecule has 6 nitrogen and oxygen atoms in total. The van der Waals surface area contributed by atoms with Crippen molar-refractivity contribution in [2.24, 2.45) is 0 Å². The van der Waals surface area contributed by atoms with Crippen LogP contribution in [-0.4, -0.2) is 49.7 Å². The van der Waals surface area contributed by atoms with E-state index in [1.807, 2.05) is 0 Å². The van der Waals surface area contributed by atoms with Crippen molar-refractivity contribution >= 4 is 46.4 Å². The first-order chi connectivity index (χ1) is 16.4. The Morgan fingerprint density at radius 3 is 1.25 bits per heavy atom. The standard InChI is InChI=1S/C20H14Cl2F8N2O4/c1-35-13-5-3-9(21)7-11(13)31-15(33)17(23,24)19(27,28)20(29,30)18(25,26)16(34)32-12-8-10(22)4-6-14(12)36-2/h3-8H,1-2H3,(H,31,33)(H,32,34). The van der Waals surface area contributed by atoms with Crippen LogP contribution in [0, 0.1) is 0 Å². The van der Waals surface area contributed by atoms with Crippen LogP contribution in [0.4, 0.5) is 46.5 Å². The molecule has 2 amide bonds. The van der Waals surface area contributed by atoms with Crippen molar-refractivity contribution in [2.75, 3.05) is 24.9 Å². The van der Waals surface area contributed by atoms with Crippen LogP contribution in [0.5, 0.6) is 11.5 Å². The second-order valence-corrected chi connectivity index (χ2v) is 7.77. The Morgan fingerprint density at radius 2 is 0.972 bits per heavy atom. The highest BCUT2D eigenvalue weighted by atomic mass is 35.5. The summed E-state index contributed by atoms with van der Waals surface area (Å²) in [5, 5.41) is 1.92. The van der Waals surface area contributed by atoms with Gasteiger partial charge in [0.1, 0.15) is 11.5 Å². The number of hydrogen-bond donors (Lipinski definition) is 2. The molecular formula is C20H14Cl2F8N2O4. The first-order valence-electron chi connectivity index (χ1n) is 9.25. The molecule has 2 aromatic carbocycles. The molecule has 0 unspecified atom stereocenters. The van der Waals surface area contributed by atoms with Crippen LogP contribution in [0.2, 0.25) is 10.0 Å². The molecule has 36 heavy (non-hydrogen) atoms. The molecule has 0 saturated carbocycles. The third-order valence-electron chi connectivity index (χ3n) is 4.57. The van der Waals surface area contributed by atoms with Gasteiger partial charge < -0.3 is 20.1 Å². The van der Waals surface area contributed by atoms with E-state index in [2.05, 4.69) is 9.47 Å². The van der Waals surface area contributed by atoms with Crippen molar-refractivity contribution < 1.29 is 54.2 Å². The Morgan fingerprint density at radius 1 is 0.667 bits per heavy atom. The lowest BCUT2D eigenvalue weighted by atomic mass is 9.97. The lowest BCUT2D eigenvalue weighted by Gasteiger charge is -2.35. The third-order valence-corrected chi connectivity index (χ3v) is 5.04. The second kappa shape index (κ2) is 10.2. The first-order valence-corrected chi connectivity index (χ1v) is 10.0. The molecule has 0 spiro atoms. The normalized spacial score (nSPS) is 12.7. The van der Waals surface area contributed by atoms with Gasteiger partial charge in [-0.2, -0.15) is 35.1 Å². The lowest BCUT2D eigenvalue weighted by Crippen LogP contribution is -2.67. The number of halogens is 10. The average molecular weight is 569 g/mol. The lowest BCUT2D eigenvalue weighted by molar-refractivity contribution is -0.345. The number of benzene rings is 2. The number of carbonyl (C=O) groups is 2. The van der Waals surface area contributed by atoms with Gasteiger partial charge in [-0.1, -0.05) is 23.2 Å². The van der Waals surface area contributed by atoms with Crippen LogP contribution in [-0.2, 0) is 9.59 Å². The molecule has 0 atom stereocenters. The first kappa shape index (κ1) is 29.2. The molecule has 0 aliphatic rings. The van der Waals surface area contributed by atoms with E-state index in [0.29, 0.717) is 0 Å². The molecule has 0 heterocycles. The second-order valence-electron chi connectivity index (χ2n) is 6.90. The predicted molar refractivity (Wildman–Crippen MR) is 113 cm³/mol. The van der Waals surface area contributed by atoms with E-state index in [0.717, 1.165) is 50.6 Å². The van der Waals surface area contributed by atoms with E-state index < -0.39 is 58.4 Å². The van der Waals surface area contributed by atoms with Gasteiger partial charge in [-0.3, -0.25) is 9.59 Å². The van der Waals surface area contributed by atoms with Crippen LogP contribution in [0.3, 0.4) is 0 Å². The molecule has 0 aromatic heterocycles. The van der Waals surface area contributed by atoms with Gasteiger partial charge in [0, 0.05) is 10.0 Å². The van der Waals surface area contributed by atoms with E-state index in [4.69, 9.17) is 23.2 Å². The van der Waals surface area contributed by atoms with Crippen molar-refractivity contribution in [3.63, 3.8) is 0 Å². The van der Waals surface area contributed by atoms with Crippen LogP contribution in [0.1, 0.15) is 0 Å². The number of ether oxygens (including phenoxy) is 2. The molecule has 0 aliphatic heterocycles. The van der Waals surface area contributed by atoms with Crippen molar-refractivity contribution in [2.45, 2.75) is 23.7 Å². The maximum absolute atomic E-state index is 14.3. The van der Waals surface area contributed by atoms with Crippen molar-refractivity contribution in [1.82, 2.24) is 0 Å². The van der Waals surface area contributed by atoms with Crippen molar-refractivity contribution in [3.8, 4) is 11.5 Å². The quantitative estimate of drug-likeness (QED) is 0.357. The number of hydrogen-bond acceptors (Lipinski definition) is 4. The van der Waals surface area contributed by atoms with E-state index in [9.17, 15) is 44.7 Å². The zero-order valence-corrected chi connectivity index (χ0v) is 19.4. The Bertz CT molecular complexity index is 1080. The summed E-state index contributed by atoms with van der Waals surface area (Å²) in [6, 6.07) is 5.78. The largest absolute Gasteiger partial charge is 0.495 e. The molecule has 16 heteroatoms. The van der Waals surface area contributed by atoms with Gasteiger partial charge in [0.2, 0.25) is 0 Å². The van der Waals surface area contributed by atoms with Gasteiger partial charge in [-0.05, 0) is 36.4 Å². The highest BCUT2D eigenvalue weighted by Gasteiger charge is 2.84. The number of anilines is 2. The SMILES string of the molecule is COc1ccc(Cl)cc1NC(=O)C(F)(F)C(F)(F)C(F)(F)C(F)(F)C(=O)Nc1cc(Cl)ccc1OC. The number of nitrogens with one attached hydrogen (secondary N) is 2. The van der Waals surface area contributed by atoms with E-state index in [1.165, 1.54) is 10.6 Å². The summed E-state index contributed by atoms with van der Waals surface area (Å²) in [5.41, 5.74) is -1.52. The Kier molecular flexibility index (Phi) is 8.25. The fourth-order valence-corrected chi connectivity index (χ4v) is 2.98. The average Bonchev–Trinajstić information content (AvgIpc) is 2.78. The zero-order chi connectivity index (χ0) is 27.7. The molecule has 198 valence electrons. The van der Waals surface area contributed by atoms with Gasteiger partial charge in [0.15, 0.2) is 0 Å². The summed E-state index contributed by atoms with van der Waals surface area (Å²) in [6.07, 6.45) is 0. The summed E-state index contributed by atoms with van der Waals surface area (Å²) in [6.45, 7) is 0. The summed E-state index contributed by atoms with van der Waals surface area (Å²) < 4.78 is 124. The Hall–Kier alpha value is -3.00. The fraction of sp³-hybridized carbons (Fsp3) is 0.300. The molecule has 0 bridgehead atoms. The predicted octanol–water partition coefficient (Wildman–Crippen LogP) is 6.13. The minimum Gasteiger partial charge on any atom is -0.495 e. The highest BCUT2D eigenvalue weighted by Crippen LogP contribution is 2.53. The Labute approximate surface area is 207 Å². The molecule has 0 fully saturated rings. The van der Waals surface area contributed by atoms with Crippen molar-refractivity contribution in [1.29, 1.82) is 0 Å². The molecule has 0 saturated heterocycles. The number of carbonyl (C=O) groups excluding carboxylic acids is 2. The number of alkyl halides is 8. The van der Waals surface area contributed by atoms with Gasteiger partial charge in [-0.25, -0.2) is 0 Å². The fourth-order valence-electron chi connectivity index (χ4n) is 2.64. The van der Waals surface area contributed by atoms with Crippen LogP contribution in [0.25, 0.3) is 0 Å². The molecule has 0 radical (unpaired) electrons. The minimum atomic E-state index is -7.09. The van der Waals surface area contributed by atoms with E-state index in [-0.39, 0.29) is 10.0 Å². The maximum Gasteiger partial charge on any atom is 0.393 e. The molecule has 2 rings (SSSR count). The highest BCUT2D eigenvalue weighted by molar-refractivity contribution is 6.31. The smallest absolute Gasteiger partial charge is 0.393 e. The number of methoxy groups -OCH3 is 2. The topological polar surface area (TPSA) is 76.7 Å². The van der Waals surface area contributed by atoms with Crippen LogP contribution in [0.15, 0.2) is 36.4 Å². The molecule has 2 aromatic rings. The molecule has 2 N–H and O–H groups in total. The van der Waals surface area contributed by atoms with Gasteiger partial charge in [0.25, 0.3) is 0 Å². The zero-order valence-electron chi connectivity index (χ0n) is 17.9. The van der Waals surface area contributed by atoms with Gasteiger partial charge in [-0.15, -0.1) is 0 Å². The van der Waals surface area contributed by atoms with Gasteiger partial charge >= 0.3 is 35.5 Å².